The maximum atomic E-state index is 13.5. The zero-order valence-corrected chi connectivity index (χ0v) is 21.2. The van der Waals surface area contributed by atoms with Gasteiger partial charge in [0.1, 0.15) is 11.3 Å². The first-order valence-corrected chi connectivity index (χ1v) is 12.8. The first kappa shape index (κ1) is 25.7. The number of benzene rings is 2. The minimum atomic E-state index is -3.98. The number of nitrogens with one attached hydrogen (secondary N) is 1. The predicted molar refractivity (Wildman–Crippen MR) is 131 cm³/mol. The summed E-state index contributed by atoms with van der Waals surface area (Å²) in [5.41, 5.74) is -0.0213. The summed E-state index contributed by atoms with van der Waals surface area (Å²) in [5.74, 6) is 0.117. The van der Waals surface area contributed by atoms with Gasteiger partial charge in [0.15, 0.2) is 0 Å². The molecule has 9 heteroatoms. The molecule has 0 radical (unpaired) electrons. The van der Waals surface area contributed by atoms with E-state index in [2.05, 4.69) is 19.2 Å². The lowest BCUT2D eigenvalue weighted by atomic mass is 9.94. The van der Waals surface area contributed by atoms with Gasteiger partial charge in [-0.3, -0.25) is 14.5 Å². The van der Waals surface area contributed by atoms with Crippen molar-refractivity contribution in [3.63, 3.8) is 0 Å². The monoisotopic (exact) mass is 487 g/mol. The number of hydrogen-bond acceptors (Lipinski definition) is 5. The number of rotatable bonds is 8. The fourth-order valence-electron chi connectivity index (χ4n) is 3.99. The van der Waals surface area contributed by atoms with E-state index in [1.165, 1.54) is 17.0 Å². The first-order valence-electron chi connectivity index (χ1n) is 11.3. The number of carbonyl (C=O) groups excluding carboxylic acids is 2. The van der Waals surface area contributed by atoms with E-state index in [9.17, 15) is 18.0 Å². The molecule has 2 aromatic carbocycles. The van der Waals surface area contributed by atoms with Crippen LogP contribution in [0.2, 0.25) is 0 Å². The fraction of sp³-hybridized carbons (Fsp3) is 0.440. The Bertz CT molecular complexity index is 1130. The predicted octanol–water partition coefficient (Wildman–Crippen LogP) is 2.96. The van der Waals surface area contributed by atoms with E-state index in [0.29, 0.717) is 23.9 Å². The number of hydrogen-bond donors (Lipinski definition) is 1. The minimum absolute atomic E-state index is 0.0892. The Morgan fingerprint density at radius 3 is 2.29 bits per heavy atom. The first-order chi connectivity index (χ1) is 16.0. The second-order valence-corrected chi connectivity index (χ2v) is 11.2. The Morgan fingerprint density at radius 2 is 1.74 bits per heavy atom. The molecule has 0 aromatic heterocycles. The number of piperazine rings is 1. The van der Waals surface area contributed by atoms with Crippen LogP contribution >= 0.6 is 0 Å². The van der Waals surface area contributed by atoms with E-state index in [0.717, 1.165) is 16.3 Å². The number of amides is 2. The standard InChI is InChI=1S/C25H33N3O5S/c1-18(2)14-15-26-24(30)25(4)17-27(34(31,32)22-12-6-19(3)7-13-22)16-23(29)28(25)20-8-10-21(33-5)11-9-20/h6-13,18H,14-17H2,1-5H3,(H,26,30). The van der Waals surface area contributed by atoms with Crippen molar-refractivity contribution in [3.05, 3.63) is 54.1 Å². The summed E-state index contributed by atoms with van der Waals surface area (Å²) in [6.07, 6.45) is 0.768. The van der Waals surface area contributed by atoms with Gasteiger partial charge >= 0.3 is 0 Å². The SMILES string of the molecule is COc1ccc(N2C(=O)CN(S(=O)(=O)c3ccc(C)cc3)CC2(C)C(=O)NCCC(C)C)cc1. The molecule has 8 nitrogen and oxygen atoms in total. The molecule has 1 unspecified atom stereocenters. The normalized spacial score (nSPS) is 19.4. The van der Waals surface area contributed by atoms with Crippen molar-refractivity contribution in [1.29, 1.82) is 0 Å². The van der Waals surface area contributed by atoms with Gasteiger partial charge in [-0.15, -0.1) is 0 Å². The van der Waals surface area contributed by atoms with Gasteiger partial charge < -0.3 is 10.1 Å². The largest absolute Gasteiger partial charge is 0.497 e. The molecular weight excluding hydrogens is 454 g/mol. The molecule has 2 amide bonds. The molecular formula is C25H33N3O5S. The van der Waals surface area contributed by atoms with Crippen molar-refractivity contribution < 1.29 is 22.7 Å². The van der Waals surface area contributed by atoms with Crippen molar-refractivity contribution in [1.82, 2.24) is 9.62 Å². The van der Waals surface area contributed by atoms with E-state index in [1.54, 1.807) is 50.4 Å². The smallest absolute Gasteiger partial charge is 0.247 e. The Hall–Kier alpha value is -2.91. The van der Waals surface area contributed by atoms with Gasteiger partial charge in [-0.1, -0.05) is 31.5 Å². The van der Waals surface area contributed by atoms with Crippen LogP contribution in [-0.2, 0) is 19.6 Å². The summed E-state index contributed by atoms with van der Waals surface area (Å²) in [4.78, 5) is 28.3. The van der Waals surface area contributed by atoms with Gasteiger partial charge in [0, 0.05) is 18.8 Å². The van der Waals surface area contributed by atoms with E-state index >= 15 is 0 Å². The van der Waals surface area contributed by atoms with E-state index in [1.807, 2.05) is 6.92 Å². The average Bonchev–Trinajstić information content (AvgIpc) is 2.79. The lowest BCUT2D eigenvalue weighted by molar-refractivity contribution is -0.132. The van der Waals surface area contributed by atoms with Gasteiger partial charge in [-0.25, -0.2) is 8.42 Å². The summed E-state index contributed by atoms with van der Waals surface area (Å²) in [6.45, 7) is 7.48. The summed E-state index contributed by atoms with van der Waals surface area (Å²) in [6, 6.07) is 13.3. The molecule has 1 fully saturated rings. The maximum absolute atomic E-state index is 13.5. The second kappa shape index (κ2) is 10.1. The molecule has 34 heavy (non-hydrogen) atoms. The third-order valence-corrected chi connectivity index (χ3v) is 7.83. The van der Waals surface area contributed by atoms with Crippen molar-refractivity contribution >= 4 is 27.5 Å². The highest BCUT2D eigenvalue weighted by atomic mass is 32.2. The maximum Gasteiger partial charge on any atom is 0.247 e. The van der Waals surface area contributed by atoms with Crippen LogP contribution in [-0.4, -0.2) is 56.8 Å². The summed E-state index contributed by atoms with van der Waals surface area (Å²) < 4.78 is 33.1. The Labute approximate surface area is 201 Å². The third-order valence-electron chi connectivity index (χ3n) is 6.02. The number of nitrogens with zero attached hydrogens (tertiary/aromatic N) is 2. The molecule has 1 atom stereocenters. The quantitative estimate of drug-likeness (QED) is 0.618. The third kappa shape index (κ3) is 5.26. The molecule has 1 aliphatic heterocycles. The zero-order valence-electron chi connectivity index (χ0n) is 20.4. The van der Waals surface area contributed by atoms with Gasteiger partial charge in [-0.2, -0.15) is 4.31 Å². The Balaban J connectivity index is 1.99. The van der Waals surface area contributed by atoms with Crippen LogP contribution in [0.15, 0.2) is 53.4 Å². The molecule has 1 aliphatic rings. The summed E-state index contributed by atoms with van der Waals surface area (Å²) >= 11 is 0. The van der Waals surface area contributed by atoms with Crippen LogP contribution in [0, 0.1) is 12.8 Å². The van der Waals surface area contributed by atoms with Crippen molar-refractivity contribution in [2.45, 2.75) is 44.6 Å². The van der Waals surface area contributed by atoms with Crippen molar-refractivity contribution in [2.75, 3.05) is 31.6 Å². The van der Waals surface area contributed by atoms with Crippen molar-refractivity contribution in [3.8, 4) is 5.75 Å². The zero-order chi connectivity index (χ0) is 25.1. The molecule has 0 spiro atoms. The van der Waals surface area contributed by atoms with Gasteiger partial charge in [0.05, 0.1) is 18.6 Å². The highest BCUT2D eigenvalue weighted by molar-refractivity contribution is 7.89. The van der Waals surface area contributed by atoms with Crippen LogP contribution in [0.5, 0.6) is 5.75 Å². The average molecular weight is 488 g/mol. The van der Waals surface area contributed by atoms with E-state index in [-0.39, 0.29) is 18.0 Å². The fourth-order valence-corrected chi connectivity index (χ4v) is 5.47. The van der Waals surface area contributed by atoms with Crippen molar-refractivity contribution in [2.24, 2.45) is 5.92 Å². The van der Waals surface area contributed by atoms with Crippen LogP contribution in [0.25, 0.3) is 0 Å². The molecule has 184 valence electrons. The van der Waals surface area contributed by atoms with Crippen LogP contribution < -0.4 is 15.0 Å². The van der Waals surface area contributed by atoms with Crippen LogP contribution in [0.1, 0.15) is 32.8 Å². The number of sulfonamides is 1. The molecule has 0 bridgehead atoms. The lowest BCUT2D eigenvalue weighted by Crippen LogP contribution is -2.70. The molecule has 1 saturated heterocycles. The van der Waals surface area contributed by atoms with E-state index in [4.69, 9.17) is 4.74 Å². The highest BCUT2D eigenvalue weighted by Crippen LogP contribution is 2.33. The second-order valence-electron chi connectivity index (χ2n) is 9.23. The van der Waals surface area contributed by atoms with Gasteiger partial charge in [-0.05, 0) is 62.6 Å². The molecule has 0 saturated carbocycles. The molecule has 2 aromatic rings. The summed E-state index contributed by atoms with van der Waals surface area (Å²) in [7, 11) is -2.44. The van der Waals surface area contributed by atoms with E-state index < -0.39 is 27.4 Å². The number of carbonyl (C=O) groups is 2. The van der Waals surface area contributed by atoms with Gasteiger partial charge in [0.2, 0.25) is 21.8 Å². The summed E-state index contributed by atoms with van der Waals surface area (Å²) in [5, 5.41) is 2.91. The topological polar surface area (TPSA) is 96.0 Å². The number of aryl methyl sites for hydroxylation is 1. The number of methoxy groups -OCH3 is 1. The van der Waals surface area contributed by atoms with Crippen LogP contribution in [0.3, 0.4) is 0 Å². The molecule has 1 N–H and O–H groups in total. The van der Waals surface area contributed by atoms with Crippen LogP contribution in [0.4, 0.5) is 5.69 Å². The molecule has 3 rings (SSSR count). The molecule has 1 heterocycles. The number of ether oxygens (including phenoxy) is 1. The Morgan fingerprint density at radius 1 is 1.12 bits per heavy atom. The van der Waals surface area contributed by atoms with Gasteiger partial charge in [0.25, 0.3) is 0 Å². The Kier molecular flexibility index (Phi) is 7.67. The lowest BCUT2D eigenvalue weighted by Gasteiger charge is -2.46. The highest BCUT2D eigenvalue weighted by Gasteiger charge is 2.51. The minimum Gasteiger partial charge on any atom is -0.497 e. The number of anilines is 1. The molecule has 0 aliphatic carbocycles.